The molecule has 1 amide bonds. The number of rotatable bonds is 4. The lowest BCUT2D eigenvalue weighted by atomic mass is 10.0. The smallest absolute Gasteiger partial charge is 0.225 e. The maximum Gasteiger partial charge on any atom is 0.225 e. The fourth-order valence-corrected chi connectivity index (χ4v) is 1.48. The SMILES string of the molecule is CCCCC(C)C(=O)N1CCC1. The first-order chi connectivity index (χ1) is 5.75. The molecule has 1 atom stereocenters. The van der Waals surface area contributed by atoms with E-state index in [1.165, 1.54) is 19.3 Å². The van der Waals surface area contributed by atoms with Crippen LogP contribution in [0, 0.1) is 5.92 Å². The summed E-state index contributed by atoms with van der Waals surface area (Å²) in [5, 5.41) is 0. The van der Waals surface area contributed by atoms with Gasteiger partial charge in [0.2, 0.25) is 5.91 Å². The first kappa shape index (κ1) is 9.56. The summed E-state index contributed by atoms with van der Waals surface area (Å²) in [6.45, 7) is 6.21. The standard InChI is InChI=1S/C10H19NO/c1-3-4-6-9(2)10(12)11-7-5-8-11/h9H,3-8H2,1-2H3. The van der Waals surface area contributed by atoms with Crippen LogP contribution < -0.4 is 0 Å². The fraction of sp³-hybridized carbons (Fsp3) is 0.900. The van der Waals surface area contributed by atoms with E-state index in [4.69, 9.17) is 0 Å². The van der Waals surface area contributed by atoms with Crippen LogP contribution in [-0.4, -0.2) is 23.9 Å². The molecular weight excluding hydrogens is 150 g/mol. The summed E-state index contributed by atoms with van der Waals surface area (Å²) in [6, 6.07) is 0. The molecule has 12 heavy (non-hydrogen) atoms. The summed E-state index contributed by atoms with van der Waals surface area (Å²) in [7, 11) is 0. The molecule has 1 heterocycles. The van der Waals surface area contributed by atoms with Crippen LogP contribution in [-0.2, 0) is 4.79 Å². The second kappa shape index (κ2) is 4.48. The van der Waals surface area contributed by atoms with Crippen molar-refractivity contribution in [3.8, 4) is 0 Å². The third kappa shape index (κ3) is 2.23. The Morgan fingerprint density at radius 3 is 2.58 bits per heavy atom. The monoisotopic (exact) mass is 169 g/mol. The van der Waals surface area contributed by atoms with Gasteiger partial charge in [-0.15, -0.1) is 0 Å². The Bertz CT molecular complexity index is 152. The summed E-state index contributed by atoms with van der Waals surface area (Å²) in [5.74, 6) is 0.625. The predicted octanol–water partition coefficient (Wildman–Crippen LogP) is 2.04. The lowest BCUT2D eigenvalue weighted by Crippen LogP contribution is -2.44. The van der Waals surface area contributed by atoms with Gasteiger partial charge >= 0.3 is 0 Å². The van der Waals surface area contributed by atoms with Crippen LogP contribution in [0.15, 0.2) is 0 Å². The minimum atomic E-state index is 0.255. The molecule has 1 fully saturated rings. The molecule has 0 N–H and O–H groups in total. The van der Waals surface area contributed by atoms with E-state index in [1.54, 1.807) is 0 Å². The predicted molar refractivity (Wildman–Crippen MR) is 49.9 cm³/mol. The molecular formula is C10H19NO. The quantitative estimate of drug-likeness (QED) is 0.630. The molecule has 0 bridgehead atoms. The minimum Gasteiger partial charge on any atom is -0.342 e. The molecule has 2 heteroatoms. The molecule has 0 aliphatic carbocycles. The van der Waals surface area contributed by atoms with Gasteiger partial charge in [0.05, 0.1) is 0 Å². The number of hydrogen-bond acceptors (Lipinski definition) is 1. The van der Waals surface area contributed by atoms with Crippen molar-refractivity contribution in [3.63, 3.8) is 0 Å². The van der Waals surface area contributed by atoms with Gasteiger partial charge in [-0.25, -0.2) is 0 Å². The van der Waals surface area contributed by atoms with E-state index >= 15 is 0 Å². The maximum absolute atomic E-state index is 11.6. The highest BCUT2D eigenvalue weighted by Gasteiger charge is 2.24. The average Bonchev–Trinajstić information content (AvgIpc) is 1.96. The van der Waals surface area contributed by atoms with Gasteiger partial charge in [0, 0.05) is 19.0 Å². The minimum absolute atomic E-state index is 0.255. The van der Waals surface area contributed by atoms with Gasteiger partial charge < -0.3 is 4.90 Å². The lowest BCUT2D eigenvalue weighted by molar-refractivity contribution is -0.138. The van der Waals surface area contributed by atoms with Gasteiger partial charge in [0.25, 0.3) is 0 Å². The fourth-order valence-electron chi connectivity index (χ4n) is 1.48. The third-order valence-electron chi connectivity index (χ3n) is 2.58. The number of nitrogens with zero attached hydrogens (tertiary/aromatic N) is 1. The Balaban J connectivity index is 2.20. The zero-order valence-corrected chi connectivity index (χ0v) is 8.18. The number of unbranched alkanes of at least 4 members (excludes halogenated alkanes) is 1. The summed E-state index contributed by atoms with van der Waals surface area (Å²) in [5.41, 5.74) is 0. The summed E-state index contributed by atoms with van der Waals surface area (Å²) >= 11 is 0. The molecule has 0 aromatic carbocycles. The topological polar surface area (TPSA) is 20.3 Å². The van der Waals surface area contributed by atoms with Crippen molar-refractivity contribution in [3.05, 3.63) is 0 Å². The third-order valence-corrected chi connectivity index (χ3v) is 2.58. The van der Waals surface area contributed by atoms with E-state index in [-0.39, 0.29) is 5.92 Å². The van der Waals surface area contributed by atoms with Crippen molar-refractivity contribution in [1.29, 1.82) is 0 Å². The largest absolute Gasteiger partial charge is 0.342 e. The van der Waals surface area contributed by atoms with E-state index in [2.05, 4.69) is 13.8 Å². The van der Waals surface area contributed by atoms with Crippen molar-refractivity contribution in [2.45, 2.75) is 39.5 Å². The van der Waals surface area contributed by atoms with Gasteiger partial charge in [-0.1, -0.05) is 26.7 Å². The number of amides is 1. The molecule has 0 aromatic rings. The number of hydrogen-bond donors (Lipinski definition) is 0. The molecule has 0 aromatic heterocycles. The Morgan fingerprint density at radius 1 is 1.50 bits per heavy atom. The Labute approximate surface area is 74.9 Å². The molecule has 1 saturated heterocycles. The second-order valence-corrected chi connectivity index (χ2v) is 3.72. The molecule has 0 radical (unpaired) electrons. The highest BCUT2D eigenvalue weighted by molar-refractivity contribution is 5.79. The molecule has 0 saturated carbocycles. The molecule has 1 unspecified atom stereocenters. The lowest BCUT2D eigenvalue weighted by Gasteiger charge is -2.33. The Hall–Kier alpha value is -0.530. The van der Waals surface area contributed by atoms with E-state index < -0.39 is 0 Å². The zero-order valence-electron chi connectivity index (χ0n) is 8.18. The molecule has 2 nitrogen and oxygen atoms in total. The number of carbonyl (C=O) groups is 1. The van der Waals surface area contributed by atoms with Crippen LogP contribution in [0.4, 0.5) is 0 Å². The van der Waals surface area contributed by atoms with Crippen molar-refractivity contribution in [1.82, 2.24) is 4.90 Å². The van der Waals surface area contributed by atoms with Crippen LogP contribution >= 0.6 is 0 Å². The van der Waals surface area contributed by atoms with Crippen LogP contribution in [0.25, 0.3) is 0 Å². The van der Waals surface area contributed by atoms with E-state index in [0.717, 1.165) is 19.5 Å². The maximum atomic E-state index is 11.6. The molecule has 70 valence electrons. The first-order valence-electron chi connectivity index (χ1n) is 5.04. The molecule has 0 spiro atoms. The van der Waals surface area contributed by atoms with Crippen LogP contribution in [0.2, 0.25) is 0 Å². The Morgan fingerprint density at radius 2 is 2.17 bits per heavy atom. The number of carbonyl (C=O) groups excluding carboxylic acids is 1. The molecule has 1 rings (SSSR count). The van der Waals surface area contributed by atoms with Gasteiger partial charge in [-0.05, 0) is 12.8 Å². The van der Waals surface area contributed by atoms with E-state index in [1.807, 2.05) is 4.90 Å². The summed E-state index contributed by atoms with van der Waals surface area (Å²) in [4.78, 5) is 13.5. The van der Waals surface area contributed by atoms with Crippen molar-refractivity contribution < 1.29 is 4.79 Å². The highest BCUT2D eigenvalue weighted by atomic mass is 16.2. The normalized spacial score (nSPS) is 18.7. The van der Waals surface area contributed by atoms with Crippen LogP contribution in [0.3, 0.4) is 0 Å². The van der Waals surface area contributed by atoms with E-state index in [9.17, 15) is 4.79 Å². The highest BCUT2D eigenvalue weighted by Crippen LogP contribution is 2.15. The first-order valence-corrected chi connectivity index (χ1v) is 5.04. The second-order valence-electron chi connectivity index (χ2n) is 3.72. The summed E-state index contributed by atoms with van der Waals surface area (Å²) in [6.07, 6.45) is 4.64. The molecule has 1 aliphatic heterocycles. The van der Waals surface area contributed by atoms with Crippen molar-refractivity contribution in [2.24, 2.45) is 5.92 Å². The average molecular weight is 169 g/mol. The number of likely N-dealkylation sites (tertiary alicyclic amines) is 1. The van der Waals surface area contributed by atoms with Crippen molar-refractivity contribution in [2.75, 3.05) is 13.1 Å². The zero-order chi connectivity index (χ0) is 8.97. The molecule has 1 aliphatic rings. The van der Waals surface area contributed by atoms with Gasteiger partial charge in [0.15, 0.2) is 0 Å². The van der Waals surface area contributed by atoms with Gasteiger partial charge in [-0.2, -0.15) is 0 Å². The Kier molecular flexibility index (Phi) is 3.57. The van der Waals surface area contributed by atoms with Crippen LogP contribution in [0.1, 0.15) is 39.5 Å². The van der Waals surface area contributed by atoms with E-state index in [0.29, 0.717) is 5.91 Å². The van der Waals surface area contributed by atoms with Gasteiger partial charge in [-0.3, -0.25) is 4.79 Å². The van der Waals surface area contributed by atoms with Crippen molar-refractivity contribution >= 4 is 5.91 Å². The van der Waals surface area contributed by atoms with Gasteiger partial charge in [0.1, 0.15) is 0 Å². The summed E-state index contributed by atoms with van der Waals surface area (Å²) < 4.78 is 0. The van der Waals surface area contributed by atoms with Crippen LogP contribution in [0.5, 0.6) is 0 Å².